The zero-order valence-corrected chi connectivity index (χ0v) is 16.3. The average molecular weight is 415 g/mol. The zero-order valence-electron chi connectivity index (χ0n) is 14.0. The number of likely N-dealkylation sites (N-methyl/N-ethyl adjacent to an activating group) is 1. The van der Waals surface area contributed by atoms with Crippen LogP contribution in [0.3, 0.4) is 0 Å². The van der Waals surface area contributed by atoms with Gasteiger partial charge in [0.25, 0.3) is 0 Å². The van der Waals surface area contributed by atoms with Crippen LogP contribution in [0.25, 0.3) is 0 Å². The van der Waals surface area contributed by atoms with Crippen molar-refractivity contribution < 1.29 is 18.0 Å². The van der Waals surface area contributed by atoms with Crippen LogP contribution in [-0.2, 0) is 14.8 Å². The molecule has 2 aromatic carbocycles. The number of nitrogens with zero attached hydrogens (tertiary/aromatic N) is 1. The van der Waals surface area contributed by atoms with Crippen molar-refractivity contribution in [3.05, 3.63) is 58.1 Å². The summed E-state index contributed by atoms with van der Waals surface area (Å²) in [4.78, 5) is 23.4. The molecular weight excluding hydrogens is 399 g/mol. The van der Waals surface area contributed by atoms with Gasteiger partial charge in [-0.15, -0.1) is 0 Å². The summed E-state index contributed by atoms with van der Waals surface area (Å²) in [5.74, 6) is -0.760. The smallest absolute Gasteiger partial charge is 0.243 e. The lowest BCUT2D eigenvalue weighted by Gasteiger charge is -2.17. The number of halogens is 2. The summed E-state index contributed by atoms with van der Waals surface area (Å²) in [6, 6.07) is 10.2. The third kappa shape index (κ3) is 4.62. The number of benzene rings is 2. The largest absolute Gasteiger partial charge is 0.322 e. The van der Waals surface area contributed by atoms with Gasteiger partial charge >= 0.3 is 0 Å². The summed E-state index contributed by atoms with van der Waals surface area (Å²) in [5.41, 5.74) is 0.621. The highest BCUT2D eigenvalue weighted by atomic mass is 35.5. The van der Waals surface area contributed by atoms with E-state index in [1.165, 1.54) is 38.2 Å². The molecule has 0 unspecified atom stereocenters. The summed E-state index contributed by atoms with van der Waals surface area (Å²) in [7, 11) is -2.61. The topological polar surface area (TPSA) is 83.6 Å². The first-order valence-electron chi connectivity index (χ1n) is 7.44. The van der Waals surface area contributed by atoms with E-state index in [4.69, 9.17) is 23.2 Å². The SMILES string of the molecule is CC(=O)c1ccc(S(=O)(=O)N(C)CC(=O)Nc2c(Cl)cccc2Cl)cc1. The summed E-state index contributed by atoms with van der Waals surface area (Å²) < 4.78 is 26.0. The molecule has 138 valence electrons. The molecule has 2 aromatic rings. The molecule has 0 aliphatic carbocycles. The molecule has 2 rings (SSSR count). The molecule has 0 aliphatic heterocycles. The number of carbonyl (C=O) groups excluding carboxylic acids is 2. The van der Waals surface area contributed by atoms with Crippen molar-refractivity contribution in [3.63, 3.8) is 0 Å². The number of amides is 1. The maximum atomic E-state index is 12.5. The minimum atomic E-state index is -3.89. The Morgan fingerprint density at radius 1 is 1.04 bits per heavy atom. The van der Waals surface area contributed by atoms with Crippen molar-refractivity contribution in [2.75, 3.05) is 18.9 Å². The van der Waals surface area contributed by atoms with Crippen LogP contribution >= 0.6 is 23.2 Å². The fourth-order valence-electron chi connectivity index (χ4n) is 2.12. The number of nitrogens with one attached hydrogen (secondary N) is 1. The lowest BCUT2D eigenvalue weighted by Crippen LogP contribution is -2.35. The lowest BCUT2D eigenvalue weighted by molar-refractivity contribution is -0.116. The molecule has 0 aromatic heterocycles. The van der Waals surface area contributed by atoms with Gasteiger partial charge in [-0.05, 0) is 31.2 Å². The number of ketones is 1. The highest BCUT2D eigenvalue weighted by Crippen LogP contribution is 2.29. The van der Waals surface area contributed by atoms with Gasteiger partial charge in [0.1, 0.15) is 0 Å². The van der Waals surface area contributed by atoms with Crippen molar-refractivity contribution in [3.8, 4) is 0 Å². The number of anilines is 1. The Kier molecular flexibility index (Phi) is 6.41. The van der Waals surface area contributed by atoms with Crippen molar-refractivity contribution >= 4 is 50.6 Å². The van der Waals surface area contributed by atoms with Crippen LogP contribution in [-0.4, -0.2) is 38.0 Å². The number of sulfonamides is 1. The first-order valence-corrected chi connectivity index (χ1v) is 9.63. The number of Topliss-reactive ketones (excluding diaryl/α,β-unsaturated/α-hetero) is 1. The van der Waals surface area contributed by atoms with Gasteiger partial charge in [-0.25, -0.2) is 8.42 Å². The molecule has 0 heterocycles. The van der Waals surface area contributed by atoms with Crippen LogP contribution in [0.5, 0.6) is 0 Å². The second-order valence-corrected chi connectivity index (χ2v) is 8.35. The Balaban J connectivity index is 2.13. The predicted molar refractivity (Wildman–Crippen MR) is 101 cm³/mol. The fraction of sp³-hybridized carbons (Fsp3) is 0.176. The summed E-state index contributed by atoms with van der Waals surface area (Å²) in [6.45, 7) is 0.957. The van der Waals surface area contributed by atoms with Crippen LogP contribution in [0.2, 0.25) is 10.0 Å². The Bertz CT molecular complexity index is 923. The molecule has 26 heavy (non-hydrogen) atoms. The number of hydrogen-bond donors (Lipinski definition) is 1. The molecule has 1 N–H and O–H groups in total. The van der Waals surface area contributed by atoms with Gasteiger partial charge in [0, 0.05) is 12.6 Å². The van der Waals surface area contributed by atoms with Gasteiger partial charge in [0.05, 0.1) is 27.2 Å². The summed E-state index contributed by atoms with van der Waals surface area (Å²) in [5, 5.41) is 3.00. The fourth-order valence-corrected chi connectivity index (χ4v) is 3.74. The van der Waals surface area contributed by atoms with E-state index in [0.717, 1.165) is 4.31 Å². The Labute approximate surface area is 161 Å². The van der Waals surface area contributed by atoms with Crippen LogP contribution in [0, 0.1) is 0 Å². The van der Waals surface area contributed by atoms with E-state index in [2.05, 4.69) is 5.32 Å². The van der Waals surface area contributed by atoms with E-state index in [1.54, 1.807) is 18.2 Å². The number of hydrogen-bond acceptors (Lipinski definition) is 4. The molecular formula is C17H16Cl2N2O4S. The lowest BCUT2D eigenvalue weighted by atomic mass is 10.2. The molecule has 0 spiro atoms. The average Bonchev–Trinajstić information content (AvgIpc) is 2.58. The van der Waals surface area contributed by atoms with Crippen molar-refractivity contribution in [1.29, 1.82) is 0 Å². The van der Waals surface area contributed by atoms with E-state index >= 15 is 0 Å². The Hall–Kier alpha value is -1.93. The van der Waals surface area contributed by atoms with Gasteiger partial charge in [-0.1, -0.05) is 41.4 Å². The number of rotatable bonds is 6. The third-order valence-electron chi connectivity index (χ3n) is 3.56. The second-order valence-electron chi connectivity index (χ2n) is 5.49. The molecule has 0 saturated heterocycles. The molecule has 0 atom stereocenters. The Morgan fingerprint density at radius 3 is 2.08 bits per heavy atom. The minimum absolute atomic E-state index is 0.0198. The second kappa shape index (κ2) is 8.18. The third-order valence-corrected chi connectivity index (χ3v) is 6.01. The van der Waals surface area contributed by atoms with E-state index in [-0.39, 0.29) is 26.4 Å². The van der Waals surface area contributed by atoms with Crippen LogP contribution in [0.1, 0.15) is 17.3 Å². The van der Waals surface area contributed by atoms with Gasteiger partial charge < -0.3 is 5.32 Å². The highest BCUT2D eigenvalue weighted by Gasteiger charge is 2.23. The zero-order chi connectivity index (χ0) is 19.5. The van der Waals surface area contributed by atoms with E-state index in [1.807, 2.05) is 0 Å². The van der Waals surface area contributed by atoms with Gasteiger partial charge in [-0.2, -0.15) is 4.31 Å². The summed E-state index contributed by atoms with van der Waals surface area (Å²) in [6.07, 6.45) is 0. The molecule has 0 bridgehead atoms. The van der Waals surface area contributed by atoms with Gasteiger partial charge in [0.2, 0.25) is 15.9 Å². The first kappa shape index (κ1) is 20.4. The first-order chi connectivity index (χ1) is 12.1. The van der Waals surface area contributed by atoms with Crippen molar-refractivity contribution in [1.82, 2.24) is 4.31 Å². The number of carbonyl (C=O) groups is 2. The van der Waals surface area contributed by atoms with Crippen molar-refractivity contribution in [2.45, 2.75) is 11.8 Å². The molecule has 0 fully saturated rings. The van der Waals surface area contributed by atoms with E-state index < -0.39 is 22.5 Å². The Morgan fingerprint density at radius 2 is 1.58 bits per heavy atom. The predicted octanol–water partition coefficient (Wildman–Crippen LogP) is 3.46. The molecule has 0 radical (unpaired) electrons. The van der Waals surface area contributed by atoms with E-state index in [9.17, 15) is 18.0 Å². The molecule has 0 aliphatic rings. The molecule has 9 heteroatoms. The summed E-state index contributed by atoms with van der Waals surface area (Å²) >= 11 is 12.0. The number of para-hydroxylation sites is 1. The van der Waals surface area contributed by atoms with E-state index in [0.29, 0.717) is 5.56 Å². The molecule has 6 nitrogen and oxygen atoms in total. The maximum Gasteiger partial charge on any atom is 0.243 e. The highest BCUT2D eigenvalue weighted by molar-refractivity contribution is 7.89. The molecule has 0 saturated carbocycles. The van der Waals surface area contributed by atoms with Crippen LogP contribution in [0.15, 0.2) is 47.4 Å². The van der Waals surface area contributed by atoms with Crippen LogP contribution in [0.4, 0.5) is 5.69 Å². The normalized spacial score (nSPS) is 11.4. The van der Waals surface area contributed by atoms with Gasteiger partial charge in [-0.3, -0.25) is 9.59 Å². The van der Waals surface area contributed by atoms with Gasteiger partial charge in [0.15, 0.2) is 5.78 Å². The minimum Gasteiger partial charge on any atom is -0.322 e. The molecule has 1 amide bonds. The van der Waals surface area contributed by atoms with Crippen molar-refractivity contribution in [2.24, 2.45) is 0 Å². The standard InChI is InChI=1S/C17H16Cl2N2O4S/c1-11(22)12-6-8-13(9-7-12)26(24,25)21(2)10-16(23)20-17-14(18)4-3-5-15(17)19/h3-9H,10H2,1-2H3,(H,20,23). The quantitative estimate of drug-likeness (QED) is 0.733. The van der Waals surface area contributed by atoms with Crippen LogP contribution < -0.4 is 5.32 Å². The monoisotopic (exact) mass is 414 g/mol. The maximum absolute atomic E-state index is 12.5.